The van der Waals surface area contributed by atoms with Gasteiger partial charge in [0.05, 0.1) is 28.7 Å². The third-order valence-electron chi connectivity index (χ3n) is 3.13. The van der Waals surface area contributed by atoms with E-state index in [1.165, 1.54) is 35.9 Å². The Bertz CT molecular complexity index is 962. The first-order valence-electron chi connectivity index (χ1n) is 6.86. The minimum atomic E-state index is -3.36. The molecular weight excluding hydrogens is 350 g/mol. The van der Waals surface area contributed by atoms with Crippen LogP contribution in [0.3, 0.4) is 0 Å². The van der Waals surface area contributed by atoms with E-state index < -0.39 is 9.84 Å². The molecule has 3 aromatic rings. The molecule has 0 bridgehead atoms. The van der Waals surface area contributed by atoms with E-state index in [0.29, 0.717) is 28.0 Å². The van der Waals surface area contributed by atoms with Gasteiger partial charge in [-0.25, -0.2) is 18.4 Å². The summed E-state index contributed by atoms with van der Waals surface area (Å²) in [6, 6.07) is 5.96. The lowest BCUT2D eigenvalue weighted by molar-refractivity contribution is 0.104. The largest absolute Gasteiger partial charge is 0.447 e. The summed E-state index contributed by atoms with van der Waals surface area (Å²) in [7, 11) is -3.36. The molecule has 2 heterocycles. The zero-order valence-corrected chi connectivity index (χ0v) is 14.2. The molecule has 0 atom stereocenters. The van der Waals surface area contributed by atoms with E-state index in [-0.39, 0.29) is 10.7 Å². The molecule has 0 spiro atoms. The number of rotatable bonds is 6. The monoisotopic (exact) mass is 363 g/mol. The Balaban J connectivity index is 1.76. The molecule has 0 aliphatic heterocycles. The highest BCUT2D eigenvalue weighted by Crippen LogP contribution is 2.23. The van der Waals surface area contributed by atoms with Crippen molar-refractivity contribution in [2.75, 3.05) is 11.6 Å². The lowest BCUT2D eigenvalue weighted by Gasteiger charge is -2.01. The number of benzene rings is 1. The number of nitrogens with zero attached hydrogens (tertiary/aromatic N) is 2. The van der Waals surface area contributed by atoms with Gasteiger partial charge in [0.2, 0.25) is 11.7 Å². The van der Waals surface area contributed by atoms with Gasteiger partial charge in [-0.1, -0.05) is 23.5 Å². The van der Waals surface area contributed by atoms with E-state index in [2.05, 4.69) is 15.3 Å². The zero-order chi connectivity index (χ0) is 17.2. The molecule has 2 aromatic heterocycles. The first-order chi connectivity index (χ1) is 11.4. The van der Waals surface area contributed by atoms with Gasteiger partial charge in [-0.3, -0.25) is 4.79 Å². The number of ketones is 1. The van der Waals surface area contributed by atoms with Gasteiger partial charge in [-0.05, 0) is 12.1 Å². The molecule has 1 aromatic carbocycles. The number of anilines is 1. The van der Waals surface area contributed by atoms with Gasteiger partial charge in [-0.15, -0.1) is 0 Å². The minimum absolute atomic E-state index is 0.111. The van der Waals surface area contributed by atoms with Crippen LogP contribution >= 0.6 is 11.3 Å². The summed E-state index contributed by atoms with van der Waals surface area (Å²) in [5.41, 5.74) is 0.306. The van der Waals surface area contributed by atoms with Gasteiger partial charge in [0.1, 0.15) is 6.26 Å². The van der Waals surface area contributed by atoms with Crippen LogP contribution in [0, 0.1) is 0 Å². The minimum Gasteiger partial charge on any atom is -0.447 e. The van der Waals surface area contributed by atoms with Crippen LogP contribution in [0.1, 0.15) is 21.1 Å². The molecule has 7 nitrogen and oxygen atoms in total. The van der Waals surface area contributed by atoms with Gasteiger partial charge in [0, 0.05) is 11.8 Å². The molecule has 0 unspecified atom stereocenters. The van der Waals surface area contributed by atoms with Crippen molar-refractivity contribution in [1.29, 1.82) is 0 Å². The quantitative estimate of drug-likeness (QED) is 0.671. The maximum atomic E-state index is 12.5. The Labute approximate surface area is 142 Å². The standard InChI is InChI=1S/C15H13N3O4S2/c1-24(20,21)11-4-2-3-10(7-11)14(19)12-8-17-15(23-12)18-9-13-16-5-6-22-13/h2-8H,9H2,1H3,(H,17,18). The predicted molar refractivity (Wildman–Crippen MR) is 88.9 cm³/mol. The highest BCUT2D eigenvalue weighted by molar-refractivity contribution is 7.90. The van der Waals surface area contributed by atoms with Crippen molar-refractivity contribution < 1.29 is 17.6 Å². The molecule has 9 heteroatoms. The molecule has 0 saturated heterocycles. The number of aromatic nitrogens is 2. The fourth-order valence-electron chi connectivity index (χ4n) is 1.96. The number of hydrogen-bond donors (Lipinski definition) is 1. The van der Waals surface area contributed by atoms with Gasteiger partial charge in [0.15, 0.2) is 15.0 Å². The fourth-order valence-corrected chi connectivity index (χ4v) is 3.40. The molecule has 24 heavy (non-hydrogen) atoms. The normalized spacial score (nSPS) is 11.4. The van der Waals surface area contributed by atoms with Crippen molar-refractivity contribution in [3.8, 4) is 0 Å². The summed E-state index contributed by atoms with van der Waals surface area (Å²) < 4.78 is 28.3. The van der Waals surface area contributed by atoms with Crippen LogP contribution in [0.25, 0.3) is 0 Å². The number of sulfone groups is 1. The van der Waals surface area contributed by atoms with Gasteiger partial charge in [-0.2, -0.15) is 0 Å². The van der Waals surface area contributed by atoms with Crippen LogP contribution in [0.5, 0.6) is 0 Å². The Morgan fingerprint density at radius 3 is 2.88 bits per heavy atom. The first kappa shape index (κ1) is 16.3. The topological polar surface area (TPSA) is 102 Å². The number of carbonyl (C=O) groups is 1. The maximum Gasteiger partial charge on any atom is 0.213 e. The van der Waals surface area contributed by atoms with E-state index in [1.807, 2.05) is 0 Å². The fraction of sp³-hybridized carbons (Fsp3) is 0.133. The smallest absolute Gasteiger partial charge is 0.213 e. The lowest BCUT2D eigenvalue weighted by Crippen LogP contribution is -2.02. The summed E-state index contributed by atoms with van der Waals surface area (Å²) in [5.74, 6) is 0.237. The van der Waals surface area contributed by atoms with Crippen molar-refractivity contribution in [2.24, 2.45) is 0 Å². The van der Waals surface area contributed by atoms with Crippen molar-refractivity contribution >= 4 is 32.1 Å². The maximum absolute atomic E-state index is 12.5. The van der Waals surface area contributed by atoms with Crippen LogP contribution in [-0.4, -0.2) is 30.4 Å². The molecule has 124 valence electrons. The Morgan fingerprint density at radius 1 is 1.33 bits per heavy atom. The molecular formula is C15H13N3O4S2. The second kappa shape index (κ2) is 6.54. The van der Waals surface area contributed by atoms with E-state index in [9.17, 15) is 13.2 Å². The molecule has 0 fully saturated rings. The van der Waals surface area contributed by atoms with Crippen molar-refractivity contribution in [1.82, 2.24) is 9.97 Å². The third-order valence-corrected chi connectivity index (χ3v) is 5.19. The van der Waals surface area contributed by atoms with Gasteiger partial charge in [0.25, 0.3) is 0 Å². The van der Waals surface area contributed by atoms with Crippen LogP contribution in [0.15, 0.2) is 52.2 Å². The molecule has 0 aliphatic carbocycles. The Morgan fingerprint density at radius 2 is 2.17 bits per heavy atom. The summed E-state index contributed by atoms with van der Waals surface area (Å²) in [5, 5.41) is 3.56. The summed E-state index contributed by atoms with van der Waals surface area (Å²) in [6.07, 6.45) is 5.58. The van der Waals surface area contributed by atoms with Gasteiger partial charge >= 0.3 is 0 Å². The van der Waals surface area contributed by atoms with Crippen molar-refractivity contribution in [2.45, 2.75) is 11.4 Å². The Kier molecular flexibility index (Phi) is 4.45. The summed E-state index contributed by atoms with van der Waals surface area (Å²) in [6.45, 7) is 0.359. The zero-order valence-electron chi connectivity index (χ0n) is 12.6. The second-order valence-electron chi connectivity index (χ2n) is 4.94. The van der Waals surface area contributed by atoms with E-state index >= 15 is 0 Å². The van der Waals surface area contributed by atoms with E-state index in [1.54, 1.807) is 18.3 Å². The highest BCUT2D eigenvalue weighted by Gasteiger charge is 2.16. The lowest BCUT2D eigenvalue weighted by atomic mass is 10.1. The van der Waals surface area contributed by atoms with Crippen LogP contribution in [0.4, 0.5) is 5.13 Å². The van der Waals surface area contributed by atoms with Crippen LogP contribution in [-0.2, 0) is 16.4 Å². The Hall–Kier alpha value is -2.52. The predicted octanol–water partition coefficient (Wildman–Crippen LogP) is 2.38. The van der Waals surface area contributed by atoms with Crippen molar-refractivity contribution in [3.63, 3.8) is 0 Å². The van der Waals surface area contributed by atoms with E-state index in [4.69, 9.17) is 4.42 Å². The SMILES string of the molecule is CS(=O)(=O)c1cccc(C(=O)c2cnc(NCc3ncco3)s2)c1. The molecule has 0 saturated carbocycles. The van der Waals surface area contributed by atoms with Gasteiger partial charge < -0.3 is 9.73 Å². The van der Waals surface area contributed by atoms with E-state index in [0.717, 1.165) is 6.26 Å². The van der Waals surface area contributed by atoms with Crippen LogP contribution in [0.2, 0.25) is 0 Å². The van der Waals surface area contributed by atoms with Crippen LogP contribution < -0.4 is 5.32 Å². The summed E-state index contributed by atoms with van der Waals surface area (Å²) >= 11 is 1.18. The second-order valence-corrected chi connectivity index (χ2v) is 7.98. The molecule has 1 N–H and O–H groups in total. The average Bonchev–Trinajstić information content (AvgIpc) is 3.23. The first-order valence-corrected chi connectivity index (χ1v) is 9.57. The number of nitrogens with one attached hydrogen (secondary N) is 1. The van der Waals surface area contributed by atoms with Crippen molar-refractivity contribution in [3.05, 3.63) is 59.3 Å². The average molecular weight is 363 g/mol. The number of hydrogen-bond acceptors (Lipinski definition) is 8. The summed E-state index contributed by atoms with van der Waals surface area (Å²) in [4.78, 5) is 21.1. The third kappa shape index (κ3) is 3.69. The highest BCUT2D eigenvalue weighted by atomic mass is 32.2. The molecule has 0 amide bonds. The number of oxazole rings is 1. The molecule has 0 aliphatic rings. The number of carbonyl (C=O) groups excluding carboxylic acids is 1. The molecule has 3 rings (SSSR count). The number of thiazole rings is 1. The molecule has 0 radical (unpaired) electrons.